The van der Waals surface area contributed by atoms with Crippen molar-refractivity contribution in [2.45, 2.75) is 26.5 Å². The summed E-state index contributed by atoms with van der Waals surface area (Å²) in [5.41, 5.74) is 7.28. The fourth-order valence-corrected chi connectivity index (χ4v) is 1.16. The van der Waals surface area contributed by atoms with Crippen LogP contribution < -0.4 is 11.1 Å². The zero-order chi connectivity index (χ0) is 12.0. The van der Waals surface area contributed by atoms with Crippen LogP contribution in [0.25, 0.3) is 0 Å². The standard InChI is InChI=1S/C12H18N2O2/c1-3-16-8-10-4-6-11(7-5-10)14-12(15)9(2)13/h4-7,9H,3,8,13H2,1-2H3,(H,14,15)/t9-/m1/s1. The second-order valence-electron chi connectivity index (χ2n) is 3.61. The van der Waals surface area contributed by atoms with Crippen molar-refractivity contribution in [3.63, 3.8) is 0 Å². The predicted molar refractivity (Wildman–Crippen MR) is 64.1 cm³/mol. The summed E-state index contributed by atoms with van der Waals surface area (Å²) in [4.78, 5) is 11.3. The van der Waals surface area contributed by atoms with Gasteiger partial charge in [-0.1, -0.05) is 12.1 Å². The molecule has 0 radical (unpaired) electrons. The van der Waals surface area contributed by atoms with Crippen LogP contribution in [0.5, 0.6) is 0 Å². The van der Waals surface area contributed by atoms with Gasteiger partial charge in [0.25, 0.3) is 0 Å². The number of benzene rings is 1. The Labute approximate surface area is 95.8 Å². The number of rotatable bonds is 5. The van der Waals surface area contributed by atoms with E-state index in [0.29, 0.717) is 13.2 Å². The Morgan fingerprint density at radius 1 is 1.44 bits per heavy atom. The summed E-state index contributed by atoms with van der Waals surface area (Å²) in [6.07, 6.45) is 0. The van der Waals surface area contributed by atoms with Crippen molar-refractivity contribution in [1.29, 1.82) is 0 Å². The highest BCUT2D eigenvalue weighted by atomic mass is 16.5. The minimum absolute atomic E-state index is 0.183. The Balaban J connectivity index is 2.54. The van der Waals surface area contributed by atoms with E-state index in [0.717, 1.165) is 11.3 Å². The lowest BCUT2D eigenvalue weighted by Gasteiger charge is -2.08. The molecule has 0 bridgehead atoms. The largest absolute Gasteiger partial charge is 0.377 e. The molecule has 0 aromatic heterocycles. The number of hydrogen-bond donors (Lipinski definition) is 2. The quantitative estimate of drug-likeness (QED) is 0.793. The molecule has 1 aromatic carbocycles. The first-order chi connectivity index (χ1) is 7.63. The van der Waals surface area contributed by atoms with E-state index in [1.165, 1.54) is 0 Å². The van der Waals surface area contributed by atoms with Crippen LogP contribution in [0.1, 0.15) is 19.4 Å². The molecule has 4 heteroatoms. The molecule has 0 unspecified atom stereocenters. The Bertz CT molecular complexity index is 333. The van der Waals surface area contributed by atoms with Gasteiger partial charge in [0, 0.05) is 12.3 Å². The SMILES string of the molecule is CCOCc1ccc(NC(=O)[C@@H](C)N)cc1. The molecule has 4 nitrogen and oxygen atoms in total. The van der Waals surface area contributed by atoms with Crippen molar-refractivity contribution in [3.8, 4) is 0 Å². The van der Waals surface area contributed by atoms with Crippen LogP contribution in [0.2, 0.25) is 0 Å². The number of carbonyl (C=O) groups is 1. The van der Waals surface area contributed by atoms with E-state index in [1.54, 1.807) is 6.92 Å². The zero-order valence-electron chi connectivity index (χ0n) is 9.69. The van der Waals surface area contributed by atoms with Gasteiger partial charge < -0.3 is 15.8 Å². The highest BCUT2D eigenvalue weighted by molar-refractivity contribution is 5.94. The summed E-state index contributed by atoms with van der Waals surface area (Å²) in [6.45, 7) is 4.90. The van der Waals surface area contributed by atoms with Crippen LogP contribution in [0.15, 0.2) is 24.3 Å². The summed E-state index contributed by atoms with van der Waals surface area (Å²) < 4.78 is 5.27. The van der Waals surface area contributed by atoms with E-state index in [2.05, 4.69) is 5.32 Å². The van der Waals surface area contributed by atoms with Gasteiger partial charge in [-0.3, -0.25) is 4.79 Å². The number of carbonyl (C=O) groups excluding carboxylic acids is 1. The molecule has 88 valence electrons. The number of amides is 1. The van der Waals surface area contributed by atoms with Crippen LogP contribution >= 0.6 is 0 Å². The number of hydrogen-bond acceptors (Lipinski definition) is 3. The highest BCUT2D eigenvalue weighted by Crippen LogP contribution is 2.10. The summed E-state index contributed by atoms with van der Waals surface area (Å²) in [7, 11) is 0. The average molecular weight is 222 g/mol. The molecule has 1 rings (SSSR count). The van der Waals surface area contributed by atoms with Crippen LogP contribution in [0, 0.1) is 0 Å². The van der Waals surface area contributed by atoms with E-state index >= 15 is 0 Å². The van der Waals surface area contributed by atoms with E-state index < -0.39 is 6.04 Å². The van der Waals surface area contributed by atoms with Crippen LogP contribution in [0.3, 0.4) is 0 Å². The maximum atomic E-state index is 11.3. The molecule has 0 aliphatic heterocycles. The molecule has 1 aromatic rings. The van der Waals surface area contributed by atoms with Gasteiger partial charge in [-0.25, -0.2) is 0 Å². The fourth-order valence-electron chi connectivity index (χ4n) is 1.16. The van der Waals surface area contributed by atoms with Gasteiger partial charge in [0.2, 0.25) is 5.91 Å². The molecule has 1 atom stereocenters. The van der Waals surface area contributed by atoms with Gasteiger partial charge in [0.05, 0.1) is 12.6 Å². The zero-order valence-corrected chi connectivity index (χ0v) is 9.69. The maximum absolute atomic E-state index is 11.3. The number of anilines is 1. The minimum Gasteiger partial charge on any atom is -0.377 e. The number of nitrogens with two attached hydrogens (primary N) is 1. The van der Waals surface area contributed by atoms with E-state index in [9.17, 15) is 4.79 Å². The van der Waals surface area contributed by atoms with Gasteiger partial charge in [-0.2, -0.15) is 0 Å². The Morgan fingerprint density at radius 3 is 2.56 bits per heavy atom. The van der Waals surface area contributed by atoms with Gasteiger partial charge in [0.15, 0.2) is 0 Å². The third-order valence-electron chi connectivity index (χ3n) is 2.11. The molecule has 16 heavy (non-hydrogen) atoms. The average Bonchev–Trinajstić information content (AvgIpc) is 2.28. The van der Waals surface area contributed by atoms with Crippen molar-refractivity contribution in [2.75, 3.05) is 11.9 Å². The summed E-state index contributed by atoms with van der Waals surface area (Å²) in [5, 5.41) is 2.72. The van der Waals surface area contributed by atoms with Crippen LogP contribution in [-0.2, 0) is 16.1 Å². The van der Waals surface area contributed by atoms with Gasteiger partial charge in [0.1, 0.15) is 0 Å². The lowest BCUT2D eigenvalue weighted by atomic mass is 10.2. The third kappa shape index (κ3) is 4.00. The van der Waals surface area contributed by atoms with E-state index in [1.807, 2.05) is 31.2 Å². The first-order valence-electron chi connectivity index (χ1n) is 5.36. The van der Waals surface area contributed by atoms with Crippen molar-refractivity contribution in [1.82, 2.24) is 0 Å². The smallest absolute Gasteiger partial charge is 0.240 e. The molecule has 0 spiro atoms. The topological polar surface area (TPSA) is 64.3 Å². The Kier molecular flexibility index (Phi) is 4.95. The summed E-state index contributed by atoms with van der Waals surface area (Å²) in [6, 6.07) is 7.03. The maximum Gasteiger partial charge on any atom is 0.240 e. The Morgan fingerprint density at radius 2 is 2.06 bits per heavy atom. The highest BCUT2D eigenvalue weighted by Gasteiger charge is 2.06. The molecular weight excluding hydrogens is 204 g/mol. The summed E-state index contributed by atoms with van der Waals surface area (Å²) >= 11 is 0. The van der Waals surface area contributed by atoms with E-state index in [-0.39, 0.29) is 5.91 Å². The monoisotopic (exact) mass is 222 g/mol. The van der Waals surface area contributed by atoms with Gasteiger partial charge in [-0.15, -0.1) is 0 Å². The lowest BCUT2D eigenvalue weighted by Crippen LogP contribution is -2.32. The third-order valence-corrected chi connectivity index (χ3v) is 2.11. The Hall–Kier alpha value is -1.39. The number of nitrogens with one attached hydrogen (secondary N) is 1. The lowest BCUT2D eigenvalue weighted by molar-refractivity contribution is -0.117. The van der Waals surface area contributed by atoms with Crippen LogP contribution in [-0.4, -0.2) is 18.6 Å². The van der Waals surface area contributed by atoms with Crippen molar-refractivity contribution in [2.24, 2.45) is 5.73 Å². The first-order valence-corrected chi connectivity index (χ1v) is 5.36. The van der Waals surface area contributed by atoms with Crippen molar-refractivity contribution >= 4 is 11.6 Å². The van der Waals surface area contributed by atoms with Gasteiger partial charge in [-0.05, 0) is 31.5 Å². The van der Waals surface area contributed by atoms with Gasteiger partial charge >= 0.3 is 0 Å². The molecule has 0 fully saturated rings. The molecular formula is C12H18N2O2. The predicted octanol–water partition coefficient (Wildman–Crippen LogP) is 1.51. The minimum atomic E-state index is -0.497. The normalized spacial score (nSPS) is 12.2. The fraction of sp³-hybridized carbons (Fsp3) is 0.417. The molecule has 0 heterocycles. The molecule has 0 saturated carbocycles. The first kappa shape index (κ1) is 12.7. The summed E-state index contributed by atoms with van der Waals surface area (Å²) in [5.74, 6) is -0.183. The molecule has 3 N–H and O–H groups in total. The molecule has 1 amide bonds. The van der Waals surface area contributed by atoms with Crippen molar-refractivity contribution < 1.29 is 9.53 Å². The second-order valence-corrected chi connectivity index (χ2v) is 3.61. The molecule has 0 saturated heterocycles. The number of ether oxygens (including phenoxy) is 1. The van der Waals surface area contributed by atoms with E-state index in [4.69, 9.17) is 10.5 Å². The molecule has 0 aliphatic carbocycles. The molecule has 0 aliphatic rings. The van der Waals surface area contributed by atoms with Crippen LogP contribution in [0.4, 0.5) is 5.69 Å². The van der Waals surface area contributed by atoms with Crippen molar-refractivity contribution in [3.05, 3.63) is 29.8 Å². The second kappa shape index (κ2) is 6.25.